The van der Waals surface area contributed by atoms with Crippen LogP contribution in [0.3, 0.4) is 0 Å². The molecule has 1 aliphatic heterocycles. The standard InChI is InChI=1S/C8H18N2O2S/c1-8(7-9)13(11,12)10-5-3-2-4-6-10/h8H,2-7,9H2,1H3. The first-order valence-electron chi connectivity index (χ1n) is 4.78. The van der Waals surface area contributed by atoms with Gasteiger partial charge in [-0.15, -0.1) is 0 Å². The predicted octanol–water partition coefficient (Wildman–Crippen LogP) is 0.149. The lowest BCUT2D eigenvalue weighted by Crippen LogP contribution is -2.43. The number of rotatable bonds is 3. The van der Waals surface area contributed by atoms with E-state index in [0.29, 0.717) is 13.1 Å². The van der Waals surface area contributed by atoms with Crippen LogP contribution in [0.2, 0.25) is 0 Å². The lowest BCUT2D eigenvalue weighted by Gasteiger charge is -2.28. The fraction of sp³-hybridized carbons (Fsp3) is 1.00. The fourth-order valence-electron chi connectivity index (χ4n) is 1.50. The first-order valence-corrected chi connectivity index (χ1v) is 6.28. The quantitative estimate of drug-likeness (QED) is 0.715. The van der Waals surface area contributed by atoms with Gasteiger partial charge in [-0.3, -0.25) is 0 Å². The molecule has 0 radical (unpaired) electrons. The third-order valence-corrected chi connectivity index (χ3v) is 4.81. The highest BCUT2D eigenvalue weighted by Gasteiger charge is 2.28. The Balaban J connectivity index is 2.67. The van der Waals surface area contributed by atoms with Gasteiger partial charge in [0.1, 0.15) is 0 Å². The Labute approximate surface area is 80.1 Å². The van der Waals surface area contributed by atoms with Crippen LogP contribution in [0.4, 0.5) is 0 Å². The number of hydrogen-bond donors (Lipinski definition) is 1. The molecule has 0 bridgehead atoms. The maximum atomic E-state index is 11.8. The first kappa shape index (κ1) is 10.9. The molecule has 1 unspecified atom stereocenters. The minimum Gasteiger partial charge on any atom is -0.329 e. The van der Waals surface area contributed by atoms with Crippen molar-refractivity contribution in [3.05, 3.63) is 0 Å². The Hall–Kier alpha value is -0.130. The monoisotopic (exact) mass is 206 g/mol. The van der Waals surface area contributed by atoms with E-state index in [-0.39, 0.29) is 6.54 Å². The molecule has 1 atom stereocenters. The Morgan fingerprint density at radius 3 is 2.31 bits per heavy atom. The second kappa shape index (κ2) is 4.39. The molecule has 1 heterocycles. The van der Waals surface area contributed by atoms with Crippen molar-refractivity contribution in [2.75, 3.05) is 19.6 Å². The molecule has 1 fully saturated rings. The van der Waals surface area contributed by atoms with Crippen LogP contribution < -0.4 is 5.73 Å². The van der Waals surface area contributed by atoms with E-state index in [0.717, 1.165) is 19.3 Å². The molecule has 13 heavy (non-hydrogen) atoms. The smallest absolute Gasteiger partial charge is 0.217 e. The van der Waals surface area contributed by atoms with Crippen LogP contribution in [0.1, 0.15) is 26.2 Å². The van der Waals surface area contributed by atoms with E-state index in [2.05, 4.69) is 0 Å². The maximum absolute atomic E-state index is 11.8. The maximum Gasteiger partial charge on any atom is 0.217 e. The molecule has 2 N–H and O–H groups in total. The minimum absolute atomic E-state index is 0.207. The second-order valence-corrected chi connectivity index (χ2v) is 5.90. The molecule has 0 saturated carbocycles. The third kappa shape index (κ3) is 2.42. The van der Waals surface area contributed by atoms with Gasteiger partial charge in [-0.1, -0.05) is 6.42 Å². The van der Waals surface area contributed by atoms with E-state index in [4.69, 9.17) is 5.73 Å². The molecule has 0 aromatic rings. The zero-order chi connectivity index (χ0) is 9.90. The Morgan fingerprint density at radius 2 is 1.85 bits per heavy atom. The van der Waals surface area contributed by atoms with Gasteiger partial charge >= 0.3 is 0 Å². The summed E-state index contributed by atoms with van der Waals surface area (Å²) in [6.07, 6.45) is 3.11. The van der Waals surface area contributed by atoms with Crippen molar-refractivity contribution in [1.82, 2.24) is 4.31 Å². The van der Waals surface area contributed by atoms with E-state index in [1.807, 2.05) is 0 Å². The Morgan fingerprint density at radius 1 is 1.31 bits per heavy atom. The van der Waals surface area contributed by atoms with Crippen LogP contribution in [-0.4, -0.2) is 37.6 Å². The van der Waals surface area contributed by atoms with Crippen molar-refractivity contribution in [3.8, 4) is 0 Å². The van der Waals surface area contributed by atoms with Gasteiger partial charge in [0.15, 0.2) is 0 Å². The highest BCUT2D eigenvalue weighted by atomic mass is 32.2. The average Bonchev–Trinajstić information content (AvgIpc) is 2.18. The van der Waals surface area contributed by atoms with Gasteiger partial charge in [-0.2, -0.15) is 0 Å². The fourth-order valence-corrected chi connectivity index (χ4v) is 3.01. The highest BCUT2D eigenvalue weighted by Crippen LogP contribution is 2.15. The van der Waals surface area contributed by atoms with Crippen LogP contribution in [-0.2, 0) is 10.0 Å². The molecule has 1 rings (SSSR count). The van der Waals surface area contributed by atoms with Gasteiger partial charge in [0.2, 0.25) is 10.0 Å². The molecule has 5 heteroatoms. The van der Waals surface area contributed by atoms with Crippen molar-refractivity contribution >= 4 is 10.0 Å². The molecular formula is C8H18N2O2S. The molecule has 0 amide bonds. The van der Waals surface area contributed by atoms with Gasteiger partial charge in [0, 0.05) is 19.6 Å². The molecular weight excluding hydrogens is 188 g/mol. The summed E-state index contributed by atoms with van der Waals surface area (Å²) >= 11 is 0. The summed E-state index contributed by atoms with van der Waals surface area (Å²) in [4.78, 5) is 0. The van der Waals surface area contributed by atoms with E-state index in [9.17, 15) is 8.42 Å². The number of sulfonamides is 1. The Kier molecular flexibility index (Phi) is 3.70. The predicted molar refractivity (Wildman–Crippen MR) is 52.9 cm³/mol. The molecule has 4 nitrogen and oxygen atoms in total. The number of piperidine rings is 1. The summed E-state index contributed by atoms with van der Waals surface area (Å²) < 4.78 is 25.1. The van der Waals surface area contributed by atoms with Crippen LogP contribution in [0.25, 0.3) is 0 Å². The lowest BCUT2D eigenvalue weighted by molar-refractivity contribution is 0.343. The van der Waals surface area contributed by atoms with E-state index in [1.54, 1.807) is 11.2 Å². The molecule has 78 valence electrons. The number of hydrogen-bond acceptors (Lipinski definition) is 3. The van der Waals surface area contributed by atoms with Gasteiger partial charge in [0.25, 0.3) is 0 Å². The van der Waals surface area contributed by atoms with E-state index >= 15 is 0 Å². The summed E-state index contributed by atoms with van der Waals surface area (Å²) in [6.45, 7) is 3.22. The van der Waals surface area contributed by atoms with Gasteiger partial charge in [-0.25, -0.2) is 12.7 Å². The molecule has 0 aliphatic carbocycles. The molecule has 1 saturated heterocycles. The zero-order valence-electron chi connectivity index (χ0n) is 8.07. The lowest BCUT2D eigenvalue weighted by atomic mass is 10.2. The third-order valence-electron chi connectivity index (χ3n) is 2.52. The van der Waals surface area contributed by atoms with Crippen LogP contribution in [0, 0.1) is 0 Å². The van der Waals surface area contributed by atoms with Crippen LogP contribution in [0.5, 0.6) is 0 Å². The van der Waals surface area contributed by atoms with Crippen molar-refractivity contribution < 1.29 is 8.42 Å². The van der Waals surface area contributed by atoms with Crippen molar-refractivity contribution in [2.45, 2.75) is 31.4 Å². The number of nitrogens with two attached hydrogens (primary N) is 1. The summed E-state index contributed by atoms with van der Waals surface area (Å²) in [5.74, 6) is 0. The first-order chi connectivity index (χ1) is 6.09. The largest absolute Gasteiger partial charge is 0.329 e. The van der Waals surface area contributed by atoms with Crippen molar-refractivity contribution in [1.29, 1.82) is 0 Å². The molecule has 1 aliphatic rings. The topological polar surface area (TPSA) is 63.4 Å². The SMILES string of the molecule is CC(CN)S(=O)(=O)N1CCCCC1. The normalized spacial score (nSPS) is 22.9. The van der Waals surface area contributed by atoms with Gasteiger partial charge in [-0.05, 0) is 19.8 Å². The van der Waals surface area contributed by atoms with Crippen molar-refractivity contribution in [3.63, 3.8) is 0 Å². The minimum atomic E-state index is -3.10. The summed E-state index contributed by atoms with van der Waals surface area (Å²) in [6, 6.07) is 0. The van der Waals surface area contributed by atoms with Gasteiger partial charge < -0.3 is 5.73 Å². The second-order valence-electron chi connectivity index (χ2n) is 3.55. The Bertz CT molecular complexity index is 245. The van der Waals surface area contributed by atoms with Crippen molar-refractivity contribution in [2.24, 2.45) is 5.73 Å². The summed E-state index contributed by atoms with van der Waals surface area (Å²) in [5, 5.41) is -0.439. The average molecular weight is 206 g/mol. The van der Waals surface area contributed by atoms with Gasteiger partial charge in [0.05, 0.1) is 5.25 Å². The number of nitrogens with zero attached hydrogens (tertiary/aromatic N) is 1. The summed E-state index contributed by atoms with van der Waals surface area (Å²) in [5.41, 5.74) is 5.36. The zero-order valence-corrected chi connectivity index (χ0v) is 8.89. The molecule has 0 spiro atoms. The molecule has 0 aromatic heterocycles. The van der Waals surface area contributed by atoms with E-state index in [1.165, 1.54) is 0 Å². The molecule has 0 aromatic carbocycles. The van der Waals surface area contributed by atoms with E-state index < -0.39 is 15.3 Å². The summed E-state index contributed by atoms with van der Waals surface area (Å²) in [7, 11) is -3.10. The van der Waals surface area contributed by atoms with Crippen LogP contribution in [0.15, 0.2) is 0 Å². The van der Waals surface area contributed by atoms with Crippen LogP contribution >= 0.6 is 0 Å². The highest BCUT2D eigenvalue weighted by molar-refractivity contribution is 7.89.